The summed E-state index contributed by atoms with van der Waals surface area (Å²) in [4.78, 5) is 41.1. The summed E-state index contributed by atoms with van der Waals surface area (Å²) < 4.78 is 10.7. The lowest BCUT2D eigenvalue weighted by Crippen LogP contribution is -2.49. The lowest BCUT2D eigenvalue weighted by molar-refractivity contribution is -0.140. The molecule has 0 unspecified atom stereocenters. The molecule has 0 bridgehead atoms. The van der Waals surface area contributed by atoms with Crippen LogP contribution in [0.4, 0.5) is 4.79 Å². The van der Waals surface area contributed by atoms with E-state index in [-0.39, 0.29) is 25.2 Å². The minimum atomic E-state index is -1.10. The Labute approximate surface area is 170 Å². The van der Waals surface area contributed by atoms with Gasteiger partial charge in [0.1, 0.15) is 12.1 Å². The van der Waals surface area contributed by atoms with E-state index in [0.29, 0.717) is 42.8 Å². The van der Waals surface area contributed by atoms with Crippen LogP contribution in [0.15, 0.2) is 18.2 Å². The van der Waals surface area contributed by atoms with Crippen LogP contribution in [-0.2, 0) is 16.0 Å². The summed E-state index contributed by atoms with van der Waals surface area (Å²) in [5.41, 5.74) is -0.259. The van der Waals surface area contributed by atoms with Gasteiger partial charge in [-0.25, -0.2) is 4.79 Å². The van der Waals surface area contributed by atoms with Gasteiger partial charge in [-0.1, -0.05) is 19.9 Å². The summed E-state index contributed by atoms with van der Waals surface area (Å²) in [5, 5.41) is 2.77. The van der Waals surface area contributed by atoms with Crippen LogP contribution in [-0.4, -0.2) is 59.6 Å². The minimum absolute atomic E-state index is 0.176. The van der Waals surface area contributed by atoms with Gasteiger partial charge in [-0.3, -0.25) is 14.5 Å². The maximum Gasteiger partial charge on any atom is 0.325 e. The molecule has 4 amide bonds. The number of benzene rings is 1. The average molecular weight is 401 g/mol. The number of hydrogen-bond acceptors (Lipinski definition) is 5. The minimum Gasteiger partial charge on any atom is -0.454 e. The second-order valence-corrected chi connectivity index (χ2v) is 8.76. The van der Waals surface area contributed by atoms with Gasteiger partial charge in [0.15, 0.2) is 11.5 Å². The van der Waals surface area contributed by atoms with Crippen LogP contribution in [0.1, 0.15) is 32.8 Å². The molecule has 2 fully saturated rings. The van der Waals surface area contributed by atoms with Crippen molar-refractivity contribution in [2.45, 2.75) is 39.2 Å². The molecule has 0 radical (unpaired) electrons. The fourth-order valence-electron chi connectivity index (χ4n) is 4.57. The zero-order valence-electron chi connectivity index (χ0n) is 17.1. The monoisotopic (exact) mass is 401 g/mol. The second kappa shape index (κ2) is 7.24. The van der Waals surface area contributed by atoms with E-state index in [0.717, 1.165) is 16.9 Å². The molecule has 2 saturated heterocycles. The Morgan fingerprint density at radius 2 is 1.86 bits per heavy atom. The Morgan fingerprint density at radius 3 is 2.59 bits per heavy atom. The number of imide groups is 1. The molecule has 0 spiro atoms. The van der Waals surface area contributed by atoms with E-state index < -0.39 is 11.6 Å². The van der Waals surface area contributed by atoms with Gasteiger partial charge < -0.3 is 19.7 Å². The SMILES string of the molecule is C[C@@H]1C[C@@H](C)CN(C(=O)CN2C(=O)N[C@](C)(Cc3ccc4c(c3)OCO4)C2=O)C1. The number of likely N-dealkylation sites (tertiary alicyclic amines) is 1. The number of urea groups is 1. The largest absolute Gasteiger partial charge is 0.454 e. The highest BCUT2D eigenvalue weighted by molar-refractivity contribution is 6.09. The molecule has 0 saturated carbocycles. The fraction of sp³-hybridized carbons (Fsp3) is 0.571. The third kappa shape index (κ3) is 3.75. The first-order valence-corrected chi connectivity index (χ1v) is 10.1. The van der Waals surface area contributed by atoms with E-state index in [1.807, 2.05) is 12.1 Å². The molecule has 1 N–H and O–H groups in total. The molecule has 156 valence electrons. The van der Waals surface area contributed by atoms with Crippen LogP contribution in [0.2, 0.25) is 0 Å². The van der Waals surface area contributed by atoms with Gasteiger partial charge in [-0.05, 0) is 42.9 Å². The molecule has 8 heteroatoms. The number of piperidine rings is 1. The van der Waals surface area contributed by atoms with E-state index in [9.17, 15) is 14.4 Å². The number of carbonyl (C=O) groups excluding carboxylic acids is 3. The van der Waals surface area contributed by atoms with Gasteiger partial charge in [0.2, 0.25) is 12.7 Å². The molecular weight excluding hydrogens is 374 g/mol. The standard InChI is InChI=1S/C21H27N3O5/c1-13-6-14(2)10-23(9-13)18(25)11-24-19(26)21(3,22-20(24)27)8-15-4-5-16-17(7-15)29-12-28-16/h4-5,7,13-14H,6,8-12H2,1-3H3,(H,22,27)/t13-,14-,21-/m1/s1. The maximum atomic E-state index is 13.0. The molecule has 3 aliphatic heterocycles. The predicted molar refractivity (Wildman–Crippen MR) is 104 cm³/mol. The van der Waals surface area contributed by atoms with Gasteiger partial charge in [0, 0.05) is 19.5 Å². The topological polar surface area (TPSA) is 88.2 Å². The second-order valence-electron chi connectivity index (χ2n) is 8.76. The first-order valence-electron chi connectivity index (χ1n) is 10.1. The number of nitrogens with one attached hydrogen (secondary N) is 1. The Kier molecular flexibility index (Phi) is 4.88. The Morgan fingerprint density at radius 1 is 1.17 bits per heavy atom. The van der Waals surface area contributed by atoms with Crippen molar-refractivity contribution >= 4 is 17.8 Å². The number of carbonyl (C=O) groups is 3. The Hall–Kier alpha value is -2.77. The highest BCUT2D eigenvalue weighted by Gasteiger charge is 2.48. The first kappa shape index (κ1) is 19.5. The van der Waals surface area contributed by atoms with Crippen LogP contribution in [0.5, 0.6) is 11.5 Å². The number of ether oxygens (including phenoxy) is 2. The van der Waals surface area contributed by atoms with Crippen molar-refractivity contribution in [1.82, 2.24) is 15.1 Å². The van der Waals surface area contributed by atoms with E-state index in [1.54, 1.807) is 17.9 Å². The molecule has 3 heterocycles. The van der Waals surface area contributed by atoms with Crippen molar-refractivity contribution in [3.05, 3.63) is 23.8 Å². The van der Waals surface area contributed by atoms with Crippen LogP contribution in [0.25, 0.3) is 0 Å². The van der Waals surface area contributed by atoms with Crippen LogP contribution in [0.3, 0.4) is 0 Å². The van der Waals surface area contributed by atoms with Gasteiger partial charge in [0.25, 0.3) is 5.91 Å². The van der Waals surface area contributed by atoms with Crippen molar-refractivity contribution < 1.29 is 23.9 Å². The Balaban J connectivity index is 1.44. The molecule has 0 aliphatic carbocycles. The van der Waals surface area contributed by atoms with Gasteiger partial charge in [-0.2, -0.15) is 0 Å². The van der Waals surface area contributed by atoms with Crippen molar-refractivity contribution in [2.24, 2.45) is 11.8 Å². The number of hydrogen-bond donors (Lipinski definition) is 1. The highest BCUT2D eigenvalue weighted by atomic mass is 16.7. The third-order valence-electron chi connectivity index (χ3n) is 5.85. The van der Waals surface area contributed by atoms with Crippen LogP contribution < -0.4 is 14.8 Å². The molecule has 29 heavy (non-hydrogen) atoms. The van der Waals surface area contributed by atoms with Crippen LogP contribution >= 0.6 is 0 Å². The van der Waals surface area contributed by atoms with E-state index in [2.05, 4.69) is 19.2 Å². The number of amides is 4. The summed E-state index contributed by atoms with van der Waals surface area (Å²) in [6.07, 6.45) is 1.39. The lowest BCUT2D eigenvalue weighted by atomic mass is 9.91. The Bertz CT molecular complexity index is 847. The first-order chi connectivity index (χ1) is 13.7. The van der Waals surface area contributed by atoms with Gasteiger partial charge in [-0.15, -0.1) is 0 Å². The van der Waals surface area contributed by atoms with Crippen molar-refractivity contribution in [3.8, 4) is 11.5 Å². The number of fused-ring (bicyclic) bond motifs is 1. The van der Waals surface area contributed by atoms with Crippen LogP contribution in [0, 0.1) is 11.8 Å². The van der Waals surface area contributed by atoms with Gasteiger partial charge >= 0.3 is 6.03 Å². The summed E-state index contributed by atoms with van der Waals surface area (Å²) in [5.74, 6) is 1.57. The predicted octanol–water partition coefficient (Wildman–Crippen LogP) is 1.77. The molecule has 0 aromatic heterocycles. The summed E-state index contributed by atoms with van der Waals surface area (Å²) >= 11 is 0. The quantitative estimate of drug-likeness (QED) is 0.777. The molecular formula is C21H27N3O5. The fourth-order valence-corrected chi connectivity index (χ4v) is 4.57. The average Bonchev–Trinajstić information content (AvgIpc) is 3.19. The van der Waals surface area contributed by atoms with E-state index in [1.165, 1.54) is 0 Å². The molecule has 3 aliphatic rings. The third-order valence-corrected chi connectivity index (χ3v) is 5.85. The zero-order valence-corrected chi connectivity index (χ0v) is 17.1. The number of nitrogens with zero attached hydrogens (tertiary/aromatic N) is 2. The van der Waals surface area contributed by atoms with Gasteiger partial charge in [0.05, 0.1) is 0 Å². The van der Waals surface area contributed by atoms with E-state index in [4.69, 9.17) is 9.47 Å². The zero-order chi connectivity index (χ0) is 20.8. The smallest absolute Gasteiger partial charge is 0.325 e. The van der Waals surface area contributed by atoms with E-state index >= 15 is 0 Å². The van der Waals surface area contributed by atoms with Crippen molar-refractivity contribution in [3.63, 3.8) is 0 Å². The van der Waals surface area contributed by atoms with Crippen molar-refractivity contribution in [2.75, 3.05) is 26.4 Å². The molecule has 8 nitrogen and oxygen atoms in total. The molecule has 3 atom stereocenters. The summed E-state index contributed by atoms with van der Waals surface area (Å²) in [7, 11) is 0. The lowest BCUT2D eigenvalue weighted by Gasteiger charge is -2.35. The summed E-state index contributed by atoms with van der Waals surface area (Å²) in [6, 6.07) is 4.94. The molecule has 1 aromatic carbocycles. The highest BCUT2D eigenvalue weighted by Crippen LogP contribution is 2.34. The normalized spacial score (nSPS) is 28.7. The maximum absolute atomic E-state index is 13.0. The summed E-state index contributed by atoms with van der Waals surface area (Å²) in [6.45, 7) is 7.21. The van der Waals surface area contributed by atoms with Crippen molar-refractivity contribution in [1.29, 1.82) is 0 Å². The molecule has 1 aromatic rings. The molecule has 4 rings (SSSR count). The number of rotatable bonds is 4.